The molecule has 8 nitrogen and oxygen atoms in total. The number of anilines is 2. The van der Waals surface area contributed by atoms with E-state index in [0.717, 1.165) is 20.8 Å². The Kier molecular flexibility index (Phi) is 5.00. The topological polar surface area (TPSA) is 110 Å². The molecule has 0 bridgehead atoms. The van der Waals surface area contributed by atoms with Crippen molar-refractivity contribution in [2.45, 2.75) is 6.92 Å². The maximum Gasteiger partial charge on any atom is 0.302 e. The lowest BCUT2D eigenvalue weighted by Crippen LogP contribution is -2.14. The van der Waals surface area contributed by atoms with Gasteiger partial charge >= 0.3 is 6.01 Å². The van der Waals surface area contributed by atoms with Gasteiger partial charge in [0, 0.05) is 11.3 Å². The number of fused-ring (bicyclic) bond motifs is 1. The van der Waals surface area contributed by atoms with Crippen molar-refractivity contribution < 1.29 is 18.4 Å². The first-order valence-corrected chi connectivity index (χ1v) is 10.5. The number of carbonyl (C=O) groups excluding carboxylic acids is 2. The first kappa shape index (κ1) is 19.7. The molecule has 2 N–H and O–H groups in total. The van der Waals surface area contributed by atoms with Gasteiger partial charge in [0.25, 0.3) is 11.8 Å². The van der Waals surface area contributed by atoms with E-state index in [4.69, 9.17) is 8.83 Å². The summed E-state index contributed by atoms with van der Waals surface area (Å²) in [5, 5.41) is 6.10. The molecule has 0 radical (unpaired) electrons. The van der Waals surface area contributed by atoms with Crippen LogP contribution in [0.15, 0.2) is 76.0 Å². The van der Waals surface area contributed by atoms with Crippen molar-refractivity contribution in [3.8, 4) is 10.6 Å². The molecule has 3 heterocycles. The van der Waals surface area contributed by atoms with Gasteiger partial charge in [-0.1, -0.05) is 6.07 Å². The second-order valence-corrected chi connectivity index (χ2v) is 8.02. The SMILES string of the molecule is Cc1ccc2nc(-c3ccc(NC(=O)c4coc(NC(=O)c5ccco5)n4)cc3)sc2c1. The Morgan fingerprint density at radius 3 is 2.56 bits per heavy atom. The lowest BCUT2D eigenvalue weighted by Gasteiger charge is -2.03. The molecular weight excluding hydrogens is 428 g/mol. The number of hydrogen-bond acceptors (Lipinski definition) is 7. The van der Waals surface area contributed by atoms with Gasteiger partial charge in [-0.15, -0.1) is 11.3 Å². The minimum absolute atomic E-state index is 0.0327. The molecule has 5 aromatic rings. The fourth-order valence-corrected chi connectivity index (χ4v) is 4.12. The van der Waals surface area contributed by atoms with Crippen LogP contribution in [0.4, 0.5) is 11.7 Å². The maximum atomic E-state index is 12.5. The molecule has 0 unspecified atom stereocenters. The van der Waals surface area contributed by atoms with E-state index in [-0.39, 0.29) is 17.5 Å². The van der Waals surface area contributed by atoms with E-state index < -0.39 is 11.8 Å². The van der Waals surface area contributed by atoms with Crippen LogP contribution >= 0.6 is 11.3 Å². The van der Waals surface area contributed by atoms with E-state index in [9.17, 15) is 9.59 Å². The number of benzene rings is 2. The lowest BCUT2D eigenvalue weighted by atomic mass is 10.2. The van der Waals surface area contributed by atoms with Gasteiger partial charge in [0.05, 0.1) is 16.5 Å². The van der Waals surface area contributed by atoms with Crippen molar-refractivity contribution in [1.29, 1.82) is 0 Å². The summed E-state index contributed by atoms with van der Waals surface area (Å²) >= 11 is 1.63. The number of nitrogens with zero attached hydrogens (tertiary/aromatic N) is 2. The summed E-state index contributed by atoms with van der Waals surface area (Å²) in [6.45, 7) is 2.06. The van der Waals surface area contributed by atoms with Gasteiger partial charge in [-0.3, -0.25) is 14.9 Å². The number of carbonyl (C=O) groups is 2. The van der Waals surface area contributed by atoms with Gasteiger partial charge in [0.1, 0.15) is 11.3 Å². The molecule has 0 saturated heterocycles. The van der Waals surface area contributed by atoms with Crippen molar-refractivity contribution in [3.63, 3.8) is 0 Å². The summed E-state index contributed by atoms with van der Waals surface area (Å²) in [4.78, 5) is 33.1. The fourth-order valence-electron chi connectivity index (χ4n) is 3.05. The van der Waals surface area contributed by atoms with Crippen LogP contribution in [0.3, 0.4) is 0 Å². The third-order valence-corrected chi connectivity index (χ3v) is 5.70. The third-order valence-electron chi connectivity index (χ3n) is 4.64. The van der Waals surface area contributed by atoms with E-state index in [1.165, 1.54) is 24.2 Å². The number of rotatable bonds is 5. The Bertz CT molecular complexity index is 1420. The van der Waals surface area contributed by atoms with Crippen molar-refractivity contribution in [1.82, 2.24) is 9.97 Å². The zero-order chi connectivity index (χ0) is 22.1. The molecule has 5 rings (SSSR count). The summed E-state index contributed by atoms with van der Waals surface area (Å²) in [6.07, 6.45) is 2.55. The summed E-state index contributed by atoms with van der Waals surface area (Å²) < 4.78 is 11.3. The van der Waals surface area contributed by atoms with E-state index in [1.54, 1.807) is 29.5 Å². The van der Waals surface area contributed by atoms with Crippen LogP contribution in [0.5, 0.6) is 0 Å². The van der Waals surface area contributed by atoms with Gasteiger partial charge in [-0.25, -0.2) is 4.98 Å². The van der Waals surface area contributed by atoms with E-state index in [0.29, 0.717) is 5.69 Å². The number of amides is 2. The lowest BCUT2D eigenvalue weighted by molar-refractivity contribution is 0.0990. The van der Waals surface area contributed by atoms with E-state index in [1.807, 2.05) is 24.3 Å². The summed E-state index contributed by atoms with van der Waals surface area (Å²) in [7, 11) is 0. The minimum atomic E-state index is -0.524. The molecule has 0 aliphatic heterocycles. The van der Waals surface area contributed by atoms with Crippen LogP contribution in [-0.4, -0.2) is 21.8 Å². The van der Waals surface area contributed by atoms with E-state index >= 15 is 0 Å². The highest BCUT2D eigenvalue weighted by atomic mass is 32.1. The molecule has 0 spiro atoms. The summed E-state index contributed by atoms with van der Waals surface area (Å²) in [5.41, 5.74) is 3.76. The molecule has 0 aliphatic rings. The van der Waals surface area contributed by atoms with E-state index in [2.05, 4.69) is 33.6 Å². The second kappa shape index (κ2) is 8.12. The standard InChI is InChI=1S/C23H16N4O4S/c1-13-4-9-16-19(11-13)32-22(25-16)14-5-7-15(8-6-14)24-20(28)17-12-31-23(26-17)27-21(29)18-3-2-10-30-18/h2-12H,1H3,(H,24,28)(H,26,27,29). The Labute approximate surface area is 185 Å². The van der Waals surface area contributed by atoms with Crippen LogP contribution in [0.25, 0.3) is 20.8 Å². The molecule has 158 valence electrons. The zero-order valence-corrected chi connectivity index (χ0v) is 17.6. The quantitative estimate of drug-likeness (QED) is 0.378. The molecule has 2 amide bonds. The van der Waals surface area contributed by atoms with Crippen LogP contribution in [0.2, 0.25) is 0 Å². The molecule has 0 atom stereocenters. The molecule has 0 aliphatic carbocycles. The molecular formula is C23H16N4O4S. The van der Waals surface area contributed by atoms with Crippen molar-refractivity contribution in [2.24, 2.45) is 0 Å². The number of aryl methyl sites for hydroxylation is 1. The summed E-state index contributed by atoms with van der Waals surface area (Å²) in [6, 6.07) is 16.6. The molecule has 9 heteroatoms. The Morgan fingerprint density at radius 1 is 0.938 bits per heavy atom. The van der Waals surface area contributed by atoms with Crippen LogP contribution in [-0.2, 0) is 0 Å². The molecule has 3 aromatic heterocycles. The van der Waals surface area contributed by atoms with Crippen LogP contribution < -0.4 is 10.6 Å². The largest absolute Gasteiger partial charge is 0.459 e. The van der Waals surface area contributed by atoms with Crippen molar-refractivity contribution >= 4 is 45.1 Å². The monoisotopic (exact) mass is 444 g/mol. The minimum Gasteiger partial charge on any atom is -0.459 e. The van der Waals surface area contributed by atoms with Crippen molar-refractivity contribution in [2.75, 3.05) is 10.6 Å². The maximum absolute atomic E-state index is 12.5. The van der Waals surface area contributed by atoms with Gasteiger partial charge in [0.2, 0.25) is 0 Å². The number of hydrogen-bond donors (Lipinski definition) is 2. The number of nitrogens with one attached hydrogen (secondary N) is 2. The van der Waals surface area contributed by atoms with Crippen LogP contribution in [0, 0.1) is 6.92 Å². The highest BCUT2D eigenvalue weighted by Crippen LogP contribution is 2.31. The van der Waals surface area contributed by atoms with Gasteiger partial charge in [-0.05, 0) is 61.0 Å². The molecule has 2 aromatic carbocycles. The normalized spacial score (nSPS) is 10.9. The Morgan fingerprint density at radius 2 is 1.78 bits per heavy atom. The van der Waals surface area contributed by atoms with Gasteiger partial charge in [-0.2, -0.15) is 4.98 Å². The molecule has 0 fully saturated rings. The first-order chi connectivity index (χ1) is 15.5. The average Bonchev–Trinajstić information content (AvgIpc) is 3.54. The fraction of sp³-hybridized carbons (Fsp3) is 0.0435. The smallest absolute Gasteiger partial charge is 0.302 e. The summed E-state index contributed by atoms with van der Waals surface area (Å²) in [5.74, 6) is -0.877. The van der Waals surface area contributed by atoms with Crippen molar-refractivity contribution in [3.05, 3.63) is 84.1 Å². The highest BCUT2D eigenvalue weighted by molar-refractivity contribution is 7.21. The number of oxazole rings is 1. The Hall–Kier alpha value is -4.24. The van der Waals surface area contributed by atoms with Gasteiger partial charge in [0.15, 0.2) is 11.5 Å². The van der Waals surface area contributed by atoms with Crippen LogP contribution in [0.1, 0.15) is 26.6 Å². The number of furan rings is 1. The first-order valence-electron chi connectivity index (χ1n) is 9.64. The highest BCUT2D eigenvalue weighted by Gasteiger charge is 2.16. The Balaban J connectivity index is 1.25. The predicted molar refractivity (Wildman–Crippen MR) is 121 cm³/mol. The zero-order valence-electron chi connectivity index (χ0n) is 16.8. The second-order valence-electron chi connectivity index (χ2n) is 6.99. The predicted octanol–water partition coefficient (Wildman–Crippen LogP) is 5.36. The third kappa shape index (κ3) is 4.01. The number of aromatic nitrogens is 2. The average molecular weight is 444 g/mol. The number of thiazole rings is 1. The molecule has 0 saturated carbocycles. The molecule has 32 heavy (non-hydrogen) atoms. The van der Waals surface area contributed by atoms with Gasteiger partial charge < -0.3 is 14.2 Å².